The van der Waals surface area contributed by atoms with E-state index in [1.165, 1.54) is 23.8 Å². The Kier molecular flexibility index (Phi) is 14.4. The number of carbonyl (C=O) groups excluding carboxylic acids is 4. The van der Waals surface area contributed by atoms with Gasteiger partial charge < -0.3 is 28.6 Å². The van der Waals surface area contributed by atoms with Gasteiger partial charge in [-0.3, -0.25) is 4.90 Å². The first-order valence-corrected chi connectivity index (χ1v) is 13.6. The molecule has 3 aliphatic rings. The summed E-state index contributed by atoms with van der Waals surface area (Å²) in [4.78, 5) is 48.6. The Bertz CT molecular complexity index is 773. The molecule has 3 heterocycles. The summed E-state index contributed by atoms with van der Waals surface area (Å²) in [6.45, 7) is 16.4. The van der Waals surface area contributed by atoms with Gasteiger partial charge in [-0.2, -0.15) is 0 Å². The van der Waals surface area contributed by atoms with Crippen LogP contribution in [0.15, 0.2) is 12.2 Å². The molecule has 0 aromatic rings. The highest BCUT2D eigenvalue weighted by Gasteiger charge is 2.32. The third-order valence-corrected chi connectivity index (χ3v) is 5.58. The number of amides is 2. The van der Waals surface area contributed by atoms with E-state index in [0.29, 0.717) is 19.7 Å². The van der Waals surface area contributed by atoms with Crippen molar-refractivity contribution in [2.45, 2.75) is 110 Å². The van der Waals surface area contributed by atoms with Crippen molar-refractivity contribution in [1.82, 2.24) is 9.80 Å². The summed E-state index contributed by atoms with van der Waals surface area (Å²) in [6.07, 6.45) is 9.15. The summed E-state index contributed by atoms with van der Waals surface area (Å²) in [5.74, 6) is -0.376. The van der Waals surface area contributed by atoms with Crippen LogP contribution in [-0.2, 0) is 28.5 Å². The van der Waals surface area contributed by atoms with E-state index < -0.39 is 11.2 Å². The Hall–Kier alpha value is -2.62. The number of likely N-dealkylation sites (tertiary alicyclic amines) is 2. The first-order valence-electron chi connectivity index (χ1n) is 13.6. The van der Waals surface area contributed by atoms with Crippen LogP contribution in [0.4, 0.5) is 9.59 Å². The first kappa shape index (κ1) is 33.4. The van der Waals surface area contributed by atoms with Gasteiger partial charge in [0.05, 0.1) is 18.7 Å². The minimum absolute atomic E-state index is 0.0840. The van der Waals surface area contributed by atoms with Crippen LogP contribution in [0.1, 0.15) is 87.0 Å². The Balaban J connectivity index is 0.000000330. The SMILES string of the molecule is C1CCOC1.CC(C)(C)OC(=O)N1CCCC1C=O.CCOC(=O)/C=C/C1CCCN1C(=O)OC(C)(C)C. The monoisotopic (exact) mass is 540 g/mol. The van der Waals surface area contributed by atoms with Gasteiger partial charge in [-0.05, 0) is 87.0 Å². The first-order chi connectivity index (χ1) is 17.8. The molecule has 3 aliphatic heterocycles. The molecule has 38 heavy (non-hydrogen) atoms. The molecular formula is C28H48N2O8. The number of aldehydes is 1. The average Bonchev–Trinajstić information content (AvgIpc) is 3.59. The molecule has 0 N–H and O–H groups in total. The predicted molar refractivity (Wildman–Crippen MR) is 144 cm³/mol. The molecule has 3 fully saturated rings. The molecule has 0 aliphatic carbocycles. The van der Waals surface area contributed by atoms with Crippen LogP contribution in [-0.4, -0.2) is 90.4 Å². The Morgan fingerprint density at radius 2 is 1.29 bits per heavy atom. The van der Waals surface area contributed by atoms with Crippen LogP contribution < -0.4 is 0 Å². The average molecular weight is 541 g/mol. The molecule has 0 radical (unpaired) electrons. The maximum atomic E-state index is 12.0. The van der Waals surface area contributed by atoms with Crippen molar-refractivity contribution < 1.29 is 38.1 Å². The molecule has 2 amide bonds. The highest BCUT2D eigenvalue weighted by molar-refractivity contribution is 5.82. The quantitative estimate of drug-likeness (QED) is 0.215. The normalized spacial score (nSPS) is 21.2. The van der Waals surface area contributed by atoms with Gasteiger partial charge in [-0.15, -0.1) is 0 Å². The van der Waals surface area contributed by atoms with E-state index in [-0.39, 0.29) is 30.2 Å². The molecule has 0 spiro atoms. The van der Waals surface area contributed by atoms with E-state index in [0.717, 1.165) is 45.2 Å². The standard InChI is InChI=1S/C14H23NO4.C10H17NO3.C4H8O/c1-5-18-12(16)9-8-11-7-6-10-15(11)13(17)19-14(2,3)4;1-10(2,3)14-9(13)11-6-4-5-8(11)7-12;1-2-4-5-3-1/h8-9,11H,5-7,10H2,1-4H3;7-8H,4-6H2,1-3H3;1-4H2/b9-8+;;. The number of hydrogen-bond donors (Lipinski definition) is 0. The summed E-state index contributed by atoms with van der Waals surface area (Å²) in [6, 6.07) is -0.371. The molecule has 218 valence electrons. The number of nitrogens with zero attached hydrogens (tertiary/aromatic N) is 2. The van der Waals surface area contributed by atoms with Crippen LogP contribution in [0.2, 0.25) is 0 Å². The van der Waals surface area contributed by atoms with Crippen molar-refractivity contribution in [2.24, 2.45) is 0 Å². The molecule has 0 aromatic heterocycles. The van der Waals surface area contributed by atoms with Gasteiger partial charge in [0.1, 0.15) is 17.5 Å². The summed E-state index contributed by atoms with van der Waals surface area (Å²) >= 11 is 0. The summed E-state index contributed by atoms with van der Waals surface area (Å²) in [5.41, 5.74) is -0.998. The predicted octanol–water partition coefficient (Wildman–Crippen LogP) is 4.89. The fraction of sp³-hybridized carbons (Fsp3) is 0.786. The molecule has 0 bridgehead atoms. The summed E-state index contributed by atoms with van der Waals surface area (Å²) in [5, 5.41) is 0. The second kappa shape index (κ2) is 16.4. The largest absolute Gasteiger partial charge is 0.463 e. The lowest BCUT2D eigenvalue weighted by atomic mass is 10.2. The number of rotatable bonds is 4. The van der Waals surface area contributed by atoms with E-state index in [1.807, 2.05) is 41.5 Å². The highest BCUT2D eigenvalue weighted by atomic mass is 16.6. The van der Waals surface area contributed by atoms with Gasteiger partial charge in [0.2, 0.25) is 0 Å². The van der Waals surface area contributed by atoms with Crippen molar-refractivity contribution in [3.63, 3.8) is 0 Å². The van der Waals surface area contributed by atoms with Crippen molar-refractivity contribution in [3.05, 3.63) is 12.2 Å². The zero-order valence-electron chi connectivity index (χ0n) is 24.3. The van der Waals surface area contributed by atoms with Crippen LogP contribution in [0, 0.1) is 0 Å². The zero-order valence-corrected chi connectivity index (χ0v) is 24.3. The fourth-order valence-corrected chi connectivity index (χ4v) is 3.91. The van der Waals surface area contributed by atoms with Crippen LogP contribution in [0.3, 0.4) is 0 Å². The molecular weight excluding hydrogens is 492 g/mol. The third kappa shape index (κ3) is 13.8. The third-order valence-electron chi connectivity index (χ3n) is 5.58. The lowest BCUT2D eigenvalue weighted by molar-refractivity contribution is -0.137. The van der Waals surface area contributed by atoms with Crippen molar-refractivity contribution in [3.8, 4) is 0 Å². The topological polar surface area (TPSA) is 112 Å². The summed E-state index contributed by atoms with van der Waals surface area (Å²) in [7, 11) is 0. The van der Waals surface area contributed by atoms with Crippen molar-refractivity contribution in [1.29, 1.82) is 0 Å². The molecule has 3 rings (SSSR count). The molecule has 10 heteroatoms. The number of esters is 1. The lowest BCUT2D eigenvalue weighted by Crippen LogP contribution is -2.40. The smallest absolute Gasteiger partial charge is 0.410 e. The maximum Gasteiger partial charge on any atom is 0.410 e. The zero-order chi connectivity index (χ0) is 28.8. The minimum atomic E-state index is -0.505. The number of hydrogen-bond acceptors (Lipinski definition) is 8. The van der Waals surface area contributed by atoms with Crippen LogP contribution in [0.25, 0.3) is 0 Å². The second-order valence-electron chi connectivity index (χ2n) is 11.3. The fourth-order valence-electron chi connectivity index (χ4n) is 3.91. The Morgan fingerprint density at radius 1 is 0.816 bits per heavy atom. The van der Waals surface area contributed by atoms with Gasteiger partial charge in [0.15, 0.2) is 0 Å². The van der Waals surface area contributed by atoms with E-state index >= 15 is 0 Å². The number of ether oxygens (including phenoxy) is 4. The van der Waals surface area contributed by atoms with E-state index in [9.17, 15) is 19.2 Å². The van der Waals surface area contributed by atoms with Gasteiger partial charge in [0.25, 0.3) is 0 Å². The van der Waals surface area contributed by atoms with E-state index in [1.54, 1.807) is 17.9 Å². The maximum absolute atomic E-state index is 12.0. The van der Waals surface area contributed by atoms with Crippen LogP contribution in [0.5, 0.6) is 0 Å². The molecule has 2 atom stereocenters. The Labute approximate surface area is 228 Å². The van der Waals surface area contributed by atoms with E-state index in [2.05, 4.69) is 0 Å². The molecule has 2 unspecified atom stereocenters. The molecule has 0 aromatic carbocycles. The summed E-state index contributed by atoms with van der Waals surface area (Å²) < 4.78 is 20.3. The van der Waals surface area contributed by atoms with Crippen molar-refractivity contribution >= 4 is 24.4 Å². The van der Waals surface area contributed by atoms with Gasteiger partial charge in [-0.1, -0.05) is 6.08 Å². The molecule has 3 saturated heterocycles. The number of carbonyl (C=O) groups is 4. The highest BCUT2D eigenvalue weighted by Crippen LogP contribution is 2.22. The van der Waals surface area contributed by atoms with Crippen LogP contribution >= 0.6 is 0 Å². The molecule has 0 saturated carbocycles. The second-order valence-corrected chi connectivity index (χ2v) is 11.3. The van der Waals surface area contributed by atoms with Gasteiger partial charge >= 0.3 is 18.2 Å². The Morgan fingerprint density at radius 3 is 1.68 bits per heavy atom. The van der Waals surface area contributed by atoms with Crippen molar-refractivity contribution in [2.75, 3.05) is 32.9 Å². The minimum Gasteiger partial charge on any atom is -0.463 e. The van der Waals surface area contributed by atoms with Gasteiger partial charge in [-0.25, -0.2) is 14.4 Å². The van der Waals surface area contributed by atoms with E-state index in [4.69, 9.17) is 18.9 Å². The lowest BCUT2D eigenvalue weighted by Gasteiger charge is -2.27. The van der Waals surface area contributed by atoms with Gasteiger partial charge in [0, 0.05) is 32.4 Å². The molecule has 10 nitrogen and oxygen atoms in total.